The van der Waals surface area contributed by atoms with Gasteiger partial charge in [0.2, 0.25) is 0 Å². The van der Waals surface area contributed by atoms with Crippen molar-refractivity contribution in [2.75, 3.05) is 30.9 Å². The van der Waals surface area contributed by atoms with Crippen LogP contribution in [-0.2, 0) is 16.4 Å². The first-order valence-electron chi connectivity index (χ1n) is 12.5. The van der Waals surface area contributed by atoms with Crippen LogP contribution in [0.2, 0.25) is 0 Å². The van der Waals surface area contributed by atoms with E-state index < -0.39 is 10.0 Å². The van der Waals surface area contributed by atoms with E-state index in [9.17, 15) is 8.42 Å². The molecule has 0 unspecified atom stereocenters. The third-order valence-electron chi connectivity index (χ3n) is 6.69. The van der Waals surface area contributed by atoms with E-state index in [4.69, 9.17) is 0 Å². The molecule has 0 aliphatic carbocycles. The van der Waals surface area contributed by atoms with Crippen LogP contribution < -0.4 is 17.1 Å². The van der Waals surface area contributed by atoms with Crippen LogP contribution in [0.5, 0.6) is 0 Å². The molecular weight excluding hydrogens is 452 g/mol. The SMILES string of the molecule is CCCCCCC[N+](CC)(CC)CCCCc1ccc(NS(=O)(=O)c2ccccc2)cc1.[Cl-]. The van der Waals surface area contributed by atoms with Crippen molar-refractivity contribution in [3.05, 3.63) is 60.2 Å². The van der Waals surface area contributed by atoms with Crippen molar-refractivity contribution in [3.63, 3.8) is 0 Å². The van der Waals surface area contributed by atoms with Gasteiger partial charge in [-0.25, -0.2) is 8.42 Å². The van der Waals surface area contributed by atoms with Crippen molar-refractivity contribution in [2.45, 2.75) is 77.0 Å². The molecule has 0 radical (unpaired) electrons. The van der Waals surface area contributed by atoms with Crippen molar-refractivity contribution in [1.29, 1.82) is 0 Å². The molecule has 0 fully saturated rings. The fraction of sp³-hybridized carbons (Fsp3) is 0.556. The Labute approximate surface area is 208 Å². The number of quaternary nitrogens is 1. The molecule has 0 saturated heterocycles. The number of nitrogens with one attached hydrogen (secondary N) is 1. The molecule has 0 aliphatic rings. The number of benzene rings is 2. The molecule has 0 heterocycles. The highest BCUT2D eigenvalue weighted by Crippen LogP contribution is 2.18. The van der Waals surface area contributed by atoms with Gasteiger partial charge in [-0.2, -0.15) is 0 Å². The first kappa shape index (κ1) is 29.5. The predicted octanol–water partition coefficient (Wildman–Crippen LogP) is 3.64. The minimum atomic E-state index is -3.53. The number of sulfonamides is 1. The van der Waals surface area contributed by atoms with Gasteiger partial charge in [-0.3, -0.25) is 4.72 Å². The molecule has 0 atom stereocenters. The van der Waals surface area contributed by atoms with Crippen molar-refractivity contribution < 1.29 is 25.3 Å². The Morgan fingerprint density at radius 2 is 1.30 bits per heavy atom. The Bertz CT molecular complexity index is 867. The van der Waals surface area contributed by atoms with E-state index in [0.29, 0.717) is 5.69 Å². The van der Waals surface area contributed by atoms with Crippen LogP contribution in [0.3, 0.4) is 0 Å². The summed E-state index contributed by atoms with van der Waals surface area (Å²) in [6.07, 6.45) is 10.2. The zero-order valence-electron chi connectivity index (χ0n) is 20.7. The second-order valence-corrected chi connectivity index (χ2v) is 10.6. The van der Waals surface area contributed by atoms with Crippen molar-refractivity contribution in [2.24, 2.45) is 0 Å². The number of rotatable bonds is 16. The van der Waals surface area contributed by atoms with Gasteiger partial charge in [-0.05, 0) is 75.8 Å². The summed E-state index contributed by atoms with van der Waals surface area (Å²) >= 11 is 0. The van der Waals surface area contributed by atoms with Crippen LogP contribution in [-0.4, -0.2) is 39.1 Å². The highest BCUT2D eigenvalue weighted by atomic mass is 35.5. The molecule has 2 aromatic carbocycles. The van der Waals surface area contributed by atoms with Crippen molar-refractivity contribution in [1.82, 2.24) is 0 Å². The highest BCUT2D eigenvalue weighted by Gasteiger charge is 2.21. The van der Waals surface area contributed by atoms with E-state index in [2.05, 4.69) is 25.5 Å². The Morgan fingerprint density at radius 3 is 1.88 bits per heavy atom. The van der Waals surface area contributed by atoms with Gasteiger partial charge < -0.3 is 16.9 Å². The smallest absolute Gasteiger partial charge is 0.261 e. The number of hydrogen-bond acceptors (Lipinski definition) is 2. The van der Waals surface area contributed by atoms with Gasteiger partial charge in [0.25, 0.3) is 10.0 Å². The number of hydrogen-bond donors (Lipinski definition) is 1. The molecule has 0 spiro atoms. The predicted molar refractivity (Wildman–Crippen MR) is 136 cm³/mol. The molecule has 0 aliphatic heterocycles. The summed E-state index contributed by atoms with van der Waals surface area (Å²) in [5.74, 6) is 0. The topological polar surface area (TPSA) is 46.2 Å². The first-order valence-corrected chi connectivity index (χ1v) is 13.9. The number of aryl methyl sites for hydroxylation is 1. The van der Waals surface area contributed by atoms with Gasteiger partial charge in [0.05, 0.1) is 31.1 Å². The quantitative estimate of drug-likeness (QED) is 0.286. The second-order valence-electron chi connectivity index (χ2n) is 8.91. The minimum Gasteiger partial charge on any atom is -1.00 e. The van der Waals surface area contributed by atoms with Crippen LogP contribution in [0, 0.1) is 0 Å². The average Bonchev–Trinajstić information content (AvgIpc) is 2.82. The summed E-state index contributed by atoms with van der Waals surface area (Å²) in [6.45, 7) is 12.0. The van der Waals surface area contributed by atoms with Crippen LogP contribution in [0.15, 0.2) is 59.5 Å². The number of nitrogens with zero attached hydrogens (tertiary/aromatic N) is 1. The summed E-state index contributed by atoms with van der Waals surface area (Å²) in [4.78, 5) is 0.280. The van der Waals surface area contributed by atoms with E-state index in [1.54, 1.807) is 24.3 Å². The van der Waals surface area contributed by atoms with Gasteiger partial charge in [-0.15, -0.1) is 0 Å². The molecule has 0 saturated carbocycles. The maximum atomic E-state index is 12.5. The monoisotopic (exact) mass is 494 g/mol. The zero-order valence-corrected chi connectivity index (χ0v) is 22.3. The zero-order chi connectivity index (χ0) is 23.3. The molecular formula is C27H43ClN2O2S. The van der Waals surface area contributed by atoms with Gasteiger partial charge in [0, 0.05) is 5.69 Å². The highest BCUT2D eigenvalue weighted by molar-refractivity contribution is 7.92. The molecule has 2 rings (SSSR count). The standard InChI is InChI=1S/C27H43N2O2S.ClH/c1-4-7-8-9-14-23-29(5-2,6-3)24-15-13-16-25-19-21-26(22-20-25)28-32(30,31)27-17-11-10-12-18-27;/h10-12,17-22,28H,4-9,13-16,23-24H2,1-3H3;1H/q+1;/p-1. The van der Waals surface area contributed by atoms with E-state index >= 15 is 0 Å². The average molecular weight is 495 g/mol. The van der Waals surface area contributed by atoms with Gasteiger partial charge >= 0.3 is 0 Å². The number of anilines is 1. The molecule has 186 valence electrons. The van der Waals surface area contributed by atoms with E-state index in [1.807, 2.05) is 30.3 Å². The first-order chi connectivity index (χ1) is 15.4. The molecule has 1 N–H and O–H groups in total. The maximum Gasteiger partial charge on any atom is 0.261 e. The molecule has 0 aromatic heterocycles. The molecule has 33 heavy (non-hydrogen) atoms. The summed E-state index contributed by atoms with van der Waals surface area (Å²) in [5, 5.41) is 0. The fourth-order valence-electron chi connectivity index (χ4n) is 4.35. The lowest BCUT2D eigenvalue weighted by Gasteiger charge is -2.37. The van der Waals surface area contributed by atoms with Gasteiger partial charge in [0.15, 0.2) is 0 Å². The Kier molecular flexibility index (Phi) is 13.7. The number of unbranched alkanes of at least 4 members (excludes halogenated alkanes) is 5. The second kappa shape index (κ2) is 15.4. The Morgan fingerprint density at radius 1 is 0.727 bits per heavy atom. The molecule has 6 heteroatoms. The Hall–Kier alpha value is -1.56. The van der Waals surface area contributed by atoms with E-state index in [0.717, 1.165) is 6.42 Å². The largest absolute Gasteiger partial charge is 1.00 e. The van der Waals surface area contributed by atoms with Crippen LogP contribution in [0.4, 0.5) is 5.69 Å². The summed E-state index contributed by atoms with van der Waals surface area (Å²) < 4.78 is 28.8. The van der Waals surface area contributed by atoms with Gasteiger partial charge in [0.1, 0.15) is 0 Å². The lowest BCUT2D eigenvalue weighted by atomic mass is 10.1. The molecule has 4 nitrogen and oxygen atoms in total. The minimum absolute atomic E-state index is 0. The lowest BCUT2D eigenvalue weighted by molar-refractivity contribution is -0.925. The number of halogens is 1. The normalized spacial score (nSPS) is 11.7. The molecule has 0 amide bonds. The fourth-order valence-corrected chi connectivity index (χ4v) is 5.43. The van der Waals surface area contributed by atoms with Gasteiger partial charge in [-0.1, -0.05) is 56.5 Å². The summed E-state index contributed by atoms with van der Waals surface area (Å²) in [6, 6.07) is 16.3. The van der Waals surface area contributed by atoms with Crippen LogP contribution in [0.25, 0.3) is 0 Å². The third-order valence-corrected chi connectivity index (χ3v) is 8.08. The Balaban J connectivity index is 0.00000544. The molecule has 0 bridgehead atoms. The third kappa shape index (κ3) is 10.1. The van der Waals surface area contributed by atoms with Crippen LogP contribution in [0.1, 0.15) is 71.3 Å². The lowest BCUT2D eigenvalue weighted by Crippen LogP contribution is -3.00. The molecule has 2 aromatic rings. The van der Waals surface area contributed by atoms with Crippen molar-refractivity contribution >= 4 is 15.7 Å². The van der Waals surface area contributed by atoms with E-state index in [1.165, 1.54) is 81.2 Å². The van der Waals surface area contributed by atoms with E-state index in [-0.39, 0.29) is 17.3 Å². The summed E-state index contributed by atoms with van der Waals surface area (Å²) in [5.41, 5.74) is 1.87. The summed E-state index contributed by atoms with van der Waals surface area (Å²) in [7, 11) is -3.53. The maximum absolute atomic E-state index is 12.5. The van der Waals surface area contributed by atoms with Crippen LogP contribution >= 0.6 is 0 Å². The van der Waals surface area contributed by atoms with Crippen molar-refractivity contribution in [3.8, 4) is 0 Å².